The molecule has 2 unspecified atom stereocenters. The van der Waals surface area contributed by atoms with Crippen molar-refractivity contribution in [3.63, 3.8) is 0 Å². The molecular weight excluding hydrogens is 330 g/mol. The van der Waals surface area contributed by atoms with Gasteiger partial charge in [0.1, 0.15) is 17.5 Å². The molecule has 0 spiro atoms. The molecule has 1 heterocycles. The number of carbonyl (C=O) groups excluding carboxylic acids is 1. The molecule has 6 nitrogen and oxygen atoms in total. The van der Waals surface area contributed by atoms with Gasteiger partial charge >= 0.3 is 0 Å². The van der Waals surface area contributed by atoms with Crippen molar-refractivity contribution in [1.29, 1.82) is 0 Å². The Kier molecular flexibility index (Phi) is 5.75. The molecule has 2 aromatic carbocycles. The molecule has 138 valence electrons. The Bertz CT molecular complexity index is 761. The molecule has 1 aliphatic rings. The maximum absolute atomic E-state index is 12.5. The number of rotatable bonds is 6. The quantitative estimate of drug-likeness (QED) is 0.741. The van der Waals surface area contributed by atoms with Crippen molar-refractivity contribution in [2.45, 2.75) is 32.0 Å². The van der Waals surface area contributed by atoms with Gasteiger partial charge in [-0.2, -0.15) is 0 Å². The van der Waals surface area contributed by atoms with Crippen LogP contribution in [0.4, 0.5) is 0 Å². The van der Waals surface area contributed by atoms with Gasteiger partial charge in [0, 0.05) is 18.2 Å². The average molecular weight is 355 g/mol. The summed E-state index contributed by atoms with van der Waals surface area (Å²) < 4.78 is 10.7. The predicted octanol–water partition coefficient (Wildman–Crippen LogP) is 2.24. The third-order valence-electron chi connectivity index (χ3n) is 4.62. The van der Waals surface area contributed by atoms with Gasteiger partial charge in [-0.05, 0) is 25.0 Å². The van der Waals surface area contributed by atoms with E-state index in [9.17, 15) is 4.79 Å². The zero-order chi connectivity index (χ0) is 18.5. The number of hydrazine groups is 1. The van der Waals surface area contributed by atoms with Gasteiger partial charge in [0.2, 0.25) is 5.91 Å². The third-order valence-corrected chi connectivity index (χ3v) is 4.62. The van der Waals surface area contributed by atoms with Crippen molar-refractivity contribution in [3.8, 4) is 11.5 Å². The molecule has 1 aliphatic heterocycles. The molecule has 0 aliphatic carbocycles. The third kappa shape index (κ3) is 4.15. The molecule has 1 saturated heterocycles. The molecule has 0 saturated carbocycles. The van der Waals surface area contributed by atoms with Gasteiger partial charge in [0.25, 0.3) is 0 Å². The highest BCUT2D eigenvalue weighted by atomic mass is 16.5. The van der Waals surface area contributed by atoms with E-state index in [2.05, 4.69) is 16.2 Å². The number of amides is 1. The molecule has 0 aromatic heterocycles. The van der Waals surface area contributed by atoms with E-state index in [4.69, 9.17) is 9.47 Å². The van der Waals surface area contributed by atoms with E-state index in [-0.39, 0.29) is 18.0 Å². The van der Waals surface area contributed by atoms with E-state index in [0.29, 0.717) is 13.0 Å². The molecular formula is C20H25N3O3. The zero-order valence-electron chi connectivity index (χ0n) is 15.3. The van der Waals surface area contributed by atoms with E-state index >= 15 is 0 Å². The fraction of sp³-hybridized carbons (Fsp3) is 0.350. The summed E-state index contributed by atoms with van der Waals surface area (Å²) in [5.74, 6) is 1.46. The fourth-order valence-corrected chi connectivity index (χ4v) is 3.06. The maximum Gasteiger partial charge on any atom is 0.238 e. The molecule has 3 rings (SSSR count). The van der Waals surface area contributed by atoms with Gasteiger partial charge in [-0.1, -0.05) is 35.9 Å². The molecule has 6 heteroatoms. The molecule has 2 atom stereocenters. The van der Waals surface area contributed by atoms with Crippen LogP contribution in [0.25, 0.3) is 0 Å². The molecule has 0 radical (unpaired) electrons. The largest absolute Gasteiger partial charge is 0.497 e. The van der Waals surface area contributed by atoms with Gasteiger partial charge < -0.3 is 14.8 Å². The summed E-state index contributed by atoms with van der Waals surface area (Å²) in [4.78, 5) is 12.5. The van der Waals surface area contributed by atoms with Crippen LogP contribution in [0.5, 0.6) is 11.5 Å². The van der Waals surface area contributed by atoms with Gasteiger partial charge in [0.15, 0.2) is 0 Å². The molecule has 1 fully saturated rings. The number of hydrogen-bond donors (Lipinski definition) is 3. The molecule has 0 bridgehead atoms. The lowest BCUT2D eigenvalue weighted by Crippen LogP contribution is -2.42. The zero-order valence-corrected chi connectivity index (χ0v) is 15.3. The van der Waals surface area contributed by atoms with E-state index in [1.54, 1.807) is 14.2 Å². The van der Waals surface area contributed by atoms with Crippen LogP contribution < -0.4 is 25.6 Å². The Labute approximate surface area is 153 Å². The smallest absolute Gasteiger partial charge is 0.238 e. The van der Waals surface area contributed by atoms with Crippen LogP contribution in [-0.2, 0) is 11.3 Å². The summed E-state index contributed by atoms with van der Waals surface area (Å²) >= 11 is 0. The lowest BCUT2D eigenvalue weighted by atomic mass is 10.0. The van der Waals surface area contributed by atoms with E-state index < -0.39 is 0 Å². The van der Waals surface area contributed by atoms with Crippen LogP contribution in [0.1, 0.15) is 29.2 Å². The first-order valence-corrected chi connectivity index (χ1v) is 8.67. The Morgan fingerprint density at radius 3 is 2.58 bits per heavy atom. The minimum atomic E-state index is -0.294. The van der Waals surface area contributed by atoms with Crippen molar-refractivity contribution in [3.05, 3.63) is 59.2 Å². The second kappa shape index (κ2) is 8.21. The average Bonchev–Trinajstić information content (AvgIpc) is 3.16. The number of aryl methyl sites for hydroxylation is 1. The number of methoxy groups -OCH3 is 2. The molecule has 2 aromatic rings. The molecule has 1 amide bonds. The first kappa shape index (κ1) is 18.2. The van der Waals surface area contributed by atoms with Gasteiger partial charge in [0.05, 0.1) is 20.3 Å². The Balaban J connectivity index is 1.59. The van der Waals surface area contributed by atoms with Crippen molar-refractivity contribution < 1.29 is 14.3 Å². The van der Waals surface area contributed by atoms with E-state index in [1.165, 1.54) is 5.56 Å². The summed E-state index contributed by atoms with van der Waals surface area (Å²) in [7, 11) is 3.25. The minimum absolute atomic E-state index is 0.00835. The number of carbonyl (C=O) groups is 1. The van der Waals surface area contributed by atoms with Crippen LogP contribution in [0.3, 0.4) is 0 Å². The van der Waals surface area contributed by atoms with Crippen molar-refractivity contribution in [2.75, 3.05) is 14.2 Å². The predicted molar refractivity (Wildman–Crippen MR) is 100.0 cm³/mol. The number of benzene rings is 2. The van der Waals surface area contributed by atoms with Gasteiger partial charge in [-0.15, -0.1) is 0 Å². The van der Waals surface area contributed by atoms with Gasteiger partial charge in [-0.25, -0.2) is 10.9 Å². The molecule has 26 heavy (non-hydrogen) atoms. The monoisotopic (exact) mass is 355 g/mol. The summed E-state index contributed by atoms with van der Waals surface area (Å²) in [6.07, 6.45) is 0.641. The van der Waals surface area contributed by atoms with E-state index in [0.717, 1.165) is 22.6 Å². The maximum atomic E-state index is 12.5. The number of hydrogen-bond acceptors (Lipinski definition) is 5. The summed E-state index contributed by atoms with van der Waals surface area (Å²) in [6, 6.07) is 13.5. The fourth-order valence-electron chi connectivity index (χ4n) is 3.06. The Morgan fingerprint density at radius 1 is 1.12 bits per heavy atom. The minimum Gasteiger partial charge on any atom is -0.497 e. The Hall–Kier alpha value is -2.57. The van der Waals surface area contributed by atoms with Crippen LogP contribution in [0, 0.1) is 6.92 Å². The summed E-state index contributed by atoms with van der Waals surface area (Å²) in [6.45, 7) is 2.57. The number of ether oxygens (including phenoxy) is 2. The second-order valence-corrected chi connectivity index (χ2v) is 6.44. The first-order chi connectivity index (χ1) is 12.6. The first-order valence-electron chi connectivity index (χ1n) is 8.67. The van der Waals surface area contributed by atoms with E-state index in [1.807, 2.05) is 49.4 Å². The summed E-state index contributed by atoms with van der Waals surface area (Å²) in [5.41, 5.74) is 9.56. The standard InChI is InChI=1S/C20H25N3O3/c1-13-4-6-14(7-5-13)12-21-20(24)18-11-17(22-23-18)16-9-8-15(25-2)10-19(16)26-3/h4-10,17-18,22-23H,11-12H2,1-3H3,(H,21,24). The van der Waals surface area contributed by atoms with Crippen LogP contribution in [0.15, 0.2) is 42.5 Å². The Morgan fingerprint density at radius 2 is 1.88 bits per heavy atom. The summed E-state index contributed by atoms with van der Waals surface area (Å²) in [5, 5.41) is 2.99. The van der Waals surface area contributed by atoms with Gasteiger partial charge in [-0.3, -0.25) is 4.79 Å². The van der Waals surface area contributed by atoms with Crippen LogP contribution in [-0.4, -0.2) is 26.2 Å². The SMILES string of the molecule is COc1ccc(C2CC(C(=O)NCc3ccc(C)cc3)NN2)c(OC)c1. The van der Waals surface area contributed by atoms with Crippen molar-refractivity contribution in [1.82, 2.24) is 16.2 Å². The number of nitrogens with one attached hydrogen (secondary N) is 3. The highest BCUT2D eigenvalue weighted by Crippen LogP contribution is 2.33. The normalized spacial score (nSPS) is 19.2. The van der Waals surface area contributed by atoms with Crippen LogP contribution >= 0.6 is 0 Å². The van der Waals surface area contributed by atoms with Crippen LogP contribution in [0.2, 0.25) is 0 Å². The van der Waals surface area contributed by atoms with Crippen molar-refractivity contribution >= 4 is 5.91 Å². The van der Waals surface area contributed by atoms with Crippen molar-refractivity contribution in [2.24, 2.45) is 0 Å². The highest BCUT2D eigenvalue weighted by molar-refractivity contribution is 5.82. The second-order valence-electron chi connectivity index (χ2n) is 6.44. The lowest BCUT2D eigenvalue weighted by Gasteiger charge is -2.15. The lowest BCUT2D eigenvalue weighted by molar-refractivity contribution is -0.123. The topological polar surface area (TPSA) is 71.6 Å². The molecule has 3 N–H and O–H groups in total. The highest BCUT2D eigenvalue weighted by Gasteiger charge is 2.31.